The SMILES string of the molecule is C=C[C@@](C)(NC(=O)[C@@H]1C[C@@H](Oc2nccc3cc(OC)ccc23)CN1C(=O)[C@H](CC(=O)C=C(C)C)NC(=O)OC(C)(C)C)C(=O)NS(=O)(=O)C1CC1. The first-order valence-electron chi connectivity index (χ1n) is 16.8. The Kier molecular flexibility index (Phi) is 12.0. The maximum atomic E-state index is 14.3. The minimum atomic E-state index is -3.97. The number of likely N-dealkylation sites (tertiary alicyclic amines) is 1. The molecule has 1 aromatic carbocycles. The molecule has 2 aromatic rings. The summed E-state index contributed by atoms with van der Waals surface area (Å²) in [7, 11) is -2.43. The number of ketones is 1. The number of ether oxygens (including phenoxy) is 3. The summed E-state index contributed by atoms with van der Waals surface area (Å²) in [6.07, 6.45) is 2.47. The van der Waals surface area contributed by atoms with E-state index in [9.17, 15) is 32.4 Å². The minimum absolute atomic E-state index is 0.0952. The van der Waals surface area contributed by atoms with Crippen molar-refractivity contribution in [1.29, 1.82) is 0 Å². The van der Waals surface area contributed by atoms with E-state index in [0.29, 0.717) is 29.6 Å². The molecule has 0 bridgehead atoms. The van der Waals surface area contributed by atoms with Crippen LogP contribution in [0, 0.1) is 0 Å². The number of pyridine rings is 1. The monoisotopic (exact) mass is 741 g/mol. The van der Waals surface area contributed by atoms with E-state index in [-0.39, 0.29) is 18.8 Å². The molecular formula is C36H47N5O10S. The second-order valence-electron chi connectivity index (χ2n) is 14.3. The van der Waals surface area contributed by atoms with Crippen molar-refractivity contribution in [3.8, 4) is 11.6 Å². The van der Waals surface area contributed by atoms with Gasteiger partial charge in [-0.3, -0.25) is 23.9 Å². The third kappa shape index (κ3) is 10.1. The number of allylic oxidation sites excluding steroid dienone is 2. The molecule has 2 heterocycles. The van der Waals surface area contributed by atoms with E-state index >= 15 is 0 Å². The molecule has 52 heavy (non-hydrogen) atoms. The lowest BCUT2D eigenvalue weighted by molar-refractivity contribution is -0.142. The van der Waals surface area contributed by atoms with Crippen LogP contribution in [0.1, 0.15) is 67.2 Å². The molecule has 16 heteroatoms. The average Bonchev–Trinajstić information content (AvgIpc) is 3.83. The lowest BCUT2D eigenvalue weighted by Gasteiger charge is -2.32. The van der Waals surface area contributed by atoms with Crippen LogP contribution >= 0.6 is 0 Å². The fourth-order valence-electron chi connectivity index (χ4n) is 5.55. The molecule has 0 spiro atoms. The maximum absolute atomic E-state index is 14.3. The van der Waals surface area contributed by atoms with Crippen LogP contribution < -0.4 is 24.8 Å². The van der Waals surface area contributed by atoms with Gasteiger partial charge in [0.25, 0.3) is 5.91 Å². The minimum Gasteiger partial charge on any atom is -0.497 e. The van der Waals surface area contributed by atoms with Gasteiger partial charge in [-0.05, 0) is 90.1 Å². The first kappa shape index (κ1) is 39.8. The van der Waals surface area contributed by atoms with Crippen LogP contribution in [0.5, 0.6) is 11.6 Å². The molecule has 4 atom stereocenters. The second kappa shape index (κ2) is 15.7. The van der Waals surface area contributed by atoms with Gasteiger partial charge in [0.05, 0.1) is 18.9 Å². The molecule has 0 unspecified atom stereocenters. The molecule has 1 saturated carbocycles. The highest BCUT2D eigenvalue weighted by Gasteiger charge is 2.47. The highest BCUT2D eigenvalue weighted by Crippen LogP contribution is 2.31. The Labute approximate surface area is 303 Å². The summed E-state index contributed by atoms with van der Waals surface area (Å²) in [4.78, 5) is 73.0. The van der Waals surface area contributed by atoms with E-state index in [0.717, 1.165) is 16.4 Å². The lowest BCUT2D eigenvalue weighted by atomic mass is 10.0. The Morgan fingerprint density at radius 2 is 1.79 bits per heavy atom. The van der Waals surface area contributed by atoms with Crippen LogP contribution in [-0.2, 0) is 33.9 Å². The number of methoxy groups -OCH3 is 1. The van der Waals surface area contributed by atoms with Crippen molar-refractivity contribution in [2.75, 3.05) is 13.7 Å². The van der Waals surface area contributed by atoms with Crippen LogP contribution in [-0.4, -0.2) is 96.1 Å². The number of sulfonamides is 1. The average molecular weight is 742 g/mol. The molecule has 15 nitrogen and oxygen atoms in total. The van der Waals surface area contributed by atoms with E-state index in [1.54, 1.807) is 72.2 Å². The molecule has 1 aliphatic heterocycles. The molecule has 2 aliphatic rings. The molecule has 2 fully saturated rings. The van der Waals surface area contributed by atoms with Crippen LogP contribution in [0.25, 0.3) is 10.8 Å². The molecule has 3 N–H and O–H groups in total. The van der Waals surface area contributed by atoms with Crippen LogP contribution in [0.4, 0.5) is 4.79 Å². The summed E-state index contributed by atoms with van der Waals surface area (Å²) in [6, 6.07) is 4.31. The summed E-state index contributed by atoms with van der Waals surface area (Å²) < 4.78 is 44.1. The summed E-state index contributed by atoms with van der Waals surface area (Å²) >= 11 is 0. The van der Waals surface area contributed by atoms with Crippen molar-refractivity contribution in [3.63, 3.8) is 0 Å². The largest absolute Gasteiger partial charge is 0.497 e. The standard InChI is InChI=1S/C36H47N5O10S/c1-9-36(7,33(45)40-52(47,48)26-11-12-26)39-30(43)29-19-25(50-31-27-13-10-24(49-8)17-22(27)14-15-37-31)20-41(29)32(44)28(18-23(42)16-21(2)3)38-34(46)51-35(4,5)6/h9-10,13-17,25-26,28-29H,1,11-12,18-20H2,2-8H3,(H,38,46)(H,39,43)(H,40,45)/t25-,28+,29+,36-/m1/s1. The van der Waals surface area contributed by atoms with Crippen molar-refractivity contribution >= 4 is 50.4 Å². The topological polar surface area (TPSA) is 199 Å². The van der Waals surface area contributed by atoms with Gasteiger partial charge in [0.2, 0.25) is 27.7 Å². The van der Waals surface area contributed by atoms with Gasteiger partial charge < -0.3 is 29.7 Å². The number of rotatable bonds is 14. The number of alkyl carbamates (subject to hydrolysis) is 1. The first-order chi connectivity index (χ1) is 24.2. The van der Waals surface area contributed by atoms with Crippen LogP contribution in [0.3, 0.4) is 0 Å². The second-order valence-corrected chi connectivity index (χ2v) is 16.3. The van der Waals surface area contributed by atoms with Gasteiger partial charge in [0.1, 0.15) is 35.1 Å². The number of fused-ring (bicyclic) bond motifs is 1. The predicted molar refractivity (Wildman–Crippen MR) is 192 cm³/mol. The van der Waals surface area contributed by atoms with Crippen LogP contribution in [0.15, 0.2) is 54.8 Å². The van der Waals surface area contributed by atoms with Crippen molar-refractivity contribution in [2.45, 2.75) is 102 Å². The summed E-state index contributed by atoms with van der Waals surface area (Å²) in [5.41, 5.74) is -2.16. The van der Waals surface area contributed by atoms with E-state index in [1.165, 1.54) is 13.0 Å². The number of hydrogen-bond acceptors (Lipinski definition) is 11. The van der Waals surface area contributed by atoms with E-state index in [2.05, 4.69) is 22.2 Å². The summed E-state index contributed by atoms with van der Waals surface area (Å²) in [5.74, 6) is -2.26. The zero-order valence-corrected chi connectivity index (χ0v) is 31.3. The van der Waals surface area contributed by atoms with Crippen molar-refractivity contribution < 1.29 is 46.6 Å². The molecule has 4 amide bonds. The lowest BCUT2D eigenvalue weighted by Crippen LogP contribution is -2.61. The van der Waals surface area contributed by atoms with E-state index in [4.69, 9.17) is 14.2 Å². The van der Waals surface area contributed by atoms with Crippen molar-refractivity contribution in [1.82, 2.24) is 25.2 Å². The quantitative estimate of drug-likeness (QED) is 0.190. The third-order valence-electron chi connectivity index (χ3n) is 8.37. The number of carbonyl (C=O) groups is 5. The maximum Gasteiger partial charge on any atom is 0.408 e. The highest BCUT2D eigenvalue weighted by atomic mass is 32.2. The molecule has 282 valence electrons. The van der Waals surface area contributed by atoms with Crippen molar-refractivity contribution in [3.05, 3.63) is 54.8 Å². The number of aromatic nitrogens is 1. The van der Waals surface area contributed by atoms with E-state index < -0.39 is 80.6 Å². The Balaban J connectivity index is 1.68. The number of carbonyl (C=O) groups excluding carboxylic acids is 5. The predicted octanol–water partition coefficient (Wildman–Crippen LogP) is 3.08. The fraction of sp³-hybridized carbons (Fsp3) is 0.500. The molecule has 1 aromatic heterocycles. The molecular weight excluding hydrogens is 694 g/mol. The number of nitrogens with zero attached hydrogens (tertiary/aromatic N) is 2. The highest BCUT2D eigenvalue weighted by molar-refractivity contribution is 7.91. The van der Waals surface area contributed by atoms with Gasteiger partial charge in [0, 0.05) is 24.4 Å². The fourth-order valence-corrected chi connectivity index (χ4v) is 6.94. The summed E-state index contributed by atoms with van der Waals surface area (Å²) in [5, 5.41) is 5.74. The molecule has 1 aliphatic carbocycles. The van der Waals surface area contributed by atoms with Gasteiger partial charge in [0.15, 0.2) is 5.78 Å². The normalized spacial score (nSPS) is 19.0. The molecule has 4 rings (SSSR count). The Hall–Kier alpha value is -4.99. The van der Waals surface area contributed by atoms with E-state index in [1.807, 2.05) is 4.72 Å². The number of benzene rings is 1. The van der Waals surface area contributed by atoms with Gasteiger partial charge >= 0.3 is 6.09 Å². The van der Waals surface area contributed by atoms with Gasteiger partial charge in [-0.25, -0.2) is 18.2 Å². The number of amides is 4. The molecule has 1 saturated heterocycles. The van der Waals surface area contributed by atoms with Gasteiger partial charge in [-0.2, -0.15) is 0 Å². The summed E-state index contributed by atoms with van der Waals surface area (Å²) in [6.45, 7) is 13.1. The molecule has 0 radical (unpaired) electrons. The third-order valence-corrected chi connectivity index (χ3v) is 10.2. The Morgan fingerprint density at radius 3 is 2.38 bits per heavy atom. The van der Waals surface area contributed by atoms with Gasteiger partial charge in [-0.15, -0.1) is 6.58 Å². The van der Waals surface area contributed by atoms with Crippen molar-refractivity contribution in [2.24, 2.45) is 0 Å². The van der Waals surface area contributed by atoms with Crippen LogP contribution in [0.2, 0.25) is 0 Å². The zero-order chi connectivity index (χ0) is 38.6. The first-order valence-corrected chi connectivity index (χ1v) is 18.4. The smallest absolute Gasteiger partial charge is 0.408 e. The Morgan fingerprint density at radius 1 is 1.10 bits per heavy atom. The number of hydrogen-bond donors (Lipinski definition) is 3. The Bertz CT molecular complexity index is 1880. The van der Waals surface area contributed by atoms with Gasteiger partial charge in [-0.1, -0.05) is 11.6 Å². The number of nitrogens with one attached hydrogen (secondary N) is 3. The zero-order valence-electron chi connectivity index (χ0n) is 30.5.